The van der Waals surface area contributed by atoms with Crippen LogP contribution in [0.2, 0.25) is 0 Å². The average Bonchev–Trinajstić information content (AvgIpc) is 3.25. The summed E-state index contributed by atoms with van der Waals surface area (Å²) in [6.07, 6.45) is 4.56. The lowest BCUT2D eigenvalue weighted by atomic mass is 9.47. The van der Waals surface area contributed by atoms with Crippen LogP contribution in [0.4, 0.5) is 18.9 Å². The summed E-state index contributed by atoms with van der Waals surface area (Å²) in [6, 6.07) is 8.78. The number of allylic oxidation sites excluding steroid dienone is 4. The van der Waals surface area contributed by atoms with Gasteiger partial charge in [0.05, 0.1) is 5.41 Å². The molecule has 0 N–H and O–H groups in total. The van der Waals surface area contributed by atoms with E-state index in [9.17, 15) is 22.8 Å². The number of carbonyl (C=O) groups excluding carboxylic acids is 2. The van der Waals surface area contributed by atoms with Gasteiger partial charge in [-0.3, -0.25) is 9.59 Å². The molecule has 1 saturated heterocycles. The van der Waals surface area contributed by atoms with Crippen molar-refractivity contribution in [1.82, 2.24) is 0 Å². The molecule has 3 fully saturated rings. The Labute approximate surface area is 241 Å². The first-order chi connectivity index (χ1) is 19.4. The highest BCUT2D eigenvalue weighted by atomic mass is 19.4. The van der Waals surface area contributed by atoms with Crippen molar-refractivity contribution in [1.29, 1.82) is 0 Å². The SMILES string of the molecule is CC(=O)[C@@]1(C#CC(F)(F)F)CC[C@H]2[C@@H]3CC(C)C4=CC(=O)CCC4=C3C(c3ccc(N4CCCCC4)cc3)C[C@@]21C. The van der Waals surface area contributed by atoms with Crippen molar-refractivity contribution in [3.63, 3.8) is 0 Å². The highest BCUT2D eigenvalue weighted by Crippen LogP contribution is 2.70. The molecule has 6 rings (SSSR count). The summed E-state index contributed by atoms with van der Waals surface area (Å²) in [5.74, 6) is 4.43. The number of hydrogen-bond donors (Lipinski definition) is 0. The molecule has 0 spiro atoms. The van der Waals surface area contributed by atoms with E-state index in [1.807, 2.05) is 13.0 Å². The van der Waals surface area contributed by atoms with Crippen molar-refractivity contribution in [3.05, 3.63) is 52.6 Å². The summed E-state index contributed by atoms with van der Waals surface area (Å²) in [5.41, 5.74) is 4.17. The molecule has 41 heavy (non-hydrogen) atoms. The highest BCUT2D eigenvalue weighted by Gasteiger charge is 2.65. The number of Topliss-reactive ketones (excluding diaryl/α,β-unsaturated/α-hetero) is 1. The van der Waals surface area contributed by atoms with Crippen LogP contribution in [0.15, 0.2) is 47.1 Å². The minimum absolute atomic E-state index is 0.0275. The maximum Gasteiger partial charge on any atom is 0.457 e. The third-order valence-corrected chi connectivity index (χ3v) is 11.3. The van der Waals surface area contributed by atoms with Crippen molar-refractivity contribution in [2.45, 2.75) is 90.7 Å². The molecule has 6 heteroatoms. The largest absolute Gasteiger partial charge is 0.457 e. The summed E-state index contributed by atoms with van der Waals surface area (Å²) in [4.78, 5) is 28.3. The van der Waals surface area contributed by atoms with E-state index in [2.05, 4.69) is 42.0 Å². The van der Waals surface area contributed by atoms with Gasteiger partial charge in [-0.15, -0.1) is 0 Å². The molecule has 218 valence electrons. The molecule has 3 nitrogen and oxygen atoms in total. The standard InChI is InChI=1S/C35H40F3NO2/c1-22-19-29-31-13-14-34(23(2)40,15-16-35(36,37)38)33(31,3)21-30(32(29)27-12-11-26(41)20-28(22)27)24-7-9-25(10-8-24)39-17-5-4-6-18-39/h7-10,20,22,29-31H,4-6,11-14,17-19,21H2,1-3H3/t22?,29-,30?,31-,33-,34-/m0/s1. The molecule has 0 radical (unpaired) electrons. The highest BCUT2D eigenvalue weighted by molar-refractivity contribution is 5.93. The molecule has 2 saturated carbocycles. The minimum atomic E-state index is -4.64. The van der Waals surface area contributed by atoms with E-state index in [0.29, 0.717) is 25.7 Å². The molecule has 6 atom stereocenters. The number of hydrogen-bond acceptors (Lipinski definition) is 3. The van der Waals surface area contributed by atoms with Gasteiger partial charge in [0.2, 0.25) is 0 Å². The quantitative estimate of drug-likeness (QED) is 0.350. The third kappa shape index (κ3) is 4.68. The van der Waals surface area contributed by atoms with Gasteiger partial charge in [0.15, 0.2) is 5.78 Å². The Balaban J connectivity index is 1.49. The second-order valence-corrected chi connectivity index (χ2v) is 13.4. The zero-order valence-corrected chi connectivity index (χ0v) is 24.4. The minimum Gasteiger partial charge on any atom is -0.372 e. The van der Waals surface area contributed by atoms with E-state index in [-0.39, 0.29) is 35.2 Å². The molecule has 4 aliphatic carbocycles. The molecule has 1 heterocycles. The van der Waals surface area contributed by atoms with Crippen LogP contribution < -0.4 is 4.90 Å². The van der Waals surface area contributed by atoms with E-state index in [1.54, 1.807) is 0 Å². The predicted octanol–water partition coefficient (Wildman–Crippen LogP) is 7.96. The topological polar surface area (TPSA) is 37.4 Å². The first-order valence-corrected chi connectivity index (χ1v) is 15.4. The van der Waals surface area contributed by atoms with Gasteiger partial charge in [-0.1, -0.05) is 37.5 Å². The van der Waals surface area contributed by atoms with E-state index >= 15 is 0 Å². The molecule has 0 aromatic heterocycles. The van der Waals surface area contributed by atoms with Gasteiger partial charge in [0, 0.05) is 37.0 Å². The monoisotopic (exact) mass is 563 g/mol. The van der Waals surface area contributed by atoms with Crippen LogP contribution in [-0.2, 0) is 9.59 Å². The number of halogens is 3. The summed E-state index contributed by atoms with van der Waals surface area (Å²) >= 11 is 0. The number of fused-ring (bicyclic) bond motifs is 4. The predicted molar refractivity (Wildman–Crippen MR) is 154 cm³/mol. The van der Waals surface area contributed by atoms with Crippen molar-refractivity contribution < 1.29 is 22.8 Å². The molecule has 5 aliphatic rings. The Kier molecular flexibility index (Phi) is 7.03. The first-order valence-electron chi connectivity index (χ1n) is 15.4. The normalized spacial score (nSPS) is 35.1. The van der Waals surface area contributed by atoms with E-state index in [4.69, 9.17) is 0 Å². The molecule has 0 amide bonds. The molecular weight excluding hydrogens is 523 g/mol. The lowest BCUT2D eigenvalue weighted by Gasteiger charge is -2.55. The Hall–Kier alpha value is -2.81. The number of piperidine rings is 1. The Bertz CT molecular complexity index is 1370. The van der Waals surface area contributed by atoms with Crippen LogP contribution in [-0.4, -0.2) is 30.8 Å². The first kappa shape index (κ1) is 28.3. The molecule has 1 aliphatic heterocycles. The average molecular weight is 564 g/mol. The fourth-order valence-electron chi connectivity index (χ4n) is 9.40. The van der Waals surface area contributed by atoms with Crippen LogP contribution in [0, 0.1) is 40.4 Å². The fourth-order valence-corrected chi connectivity index (χ4v) is 9.40. The Morgan fingerprint density at radius 1 is 1.07 bits per heavy atom. The maximum absolute atomic E-state index is 13.4. The van der Waals surface area contributed by atoms with E-state index in [0.717, 1.165) is 37.1 Å². The lowest BCUT2D eigenvalue weighted by molar-refractivity contribution is -0.130. The van der Waals surface area contributed by atoms with Crippen LogP contribution in [0.1, 0.15) is 90.0 Å². The van der Waals surface area contributed by atoms with Gasteiger partial charge in [-0.2, -0.15) is 13.2 Å². The van der Waals surface area contributed by atoms with Crippen LogP contribution >= 0.6 is 0 Å². The fraction of sp³-hybridized carbons (Fsp3) is 0.600. The van der Waals surface area contributed by atoms with Crippen LogP contribution in [0.3, 0.4) is 0 Å². The number of ketones is 2. The summed E-state index contributed by atoms with van der Waals surface area (Å²) < 4.78 is 40.3. The summed E-state index contributed by atoms with van der Waals surface area (Å²) in [6.45, 7) is 7.77. The second kappa shape index (κ2) is 10.2. The van der Waals surface area contributed by atoms with Crippen LogP contribution in [0.5, 0.6) is 0 Å². The number of carbonyl (C=O) groups is 2. The van der Waals surface area contributed by atoms with E-state index < -0.39 is 17.0 Å². The molecule has 1 aromatic rings. The van der Waals surface area contributed by atoms with Crippen molar-refractivity contribution in [2.75, 3.05) is 18.0 Å². The Morgan fingerprint density at radius 2 is 1.78 bits per heavy atom. The number of rotatable bonds is 3. The number of benzene rings is 1. The van der Waals surface area contributed by atoms with Crippen LogP contribution in [0.25, 0.3) is 0 Å². The number of alkyl halides is 3. The molecule has 0 bridgehead atoms. The van der Waals surface area contributed by atoms with Crippen molar-refractivity contribution in [3.8, 4) is 11.8 Å². The number of nitrogens with zero attached hydrogens (tertiary/aromatic N) is 1. The third-order valence-electron chi connectivity index (χ3n) is 11.3. The Morgan fingerprint density at radius 3 is 2.44 bits per heavy atom. The van der Waals surface area contributed by atoms with Crippen molar-refractivity contribution in [2.24, 2.45) is 28.6 Å². The van der Waals surface area contributed by atoms with Gasteiger partial charge in [0.1, 0.15) is 5.78 Å². The summed E-state index contributed by atoms with van der Waals surface area (Å²) in [7, 11) is 0. The smallest absolute Gasteiger partial charge is 0.372 e. The zero-order valence-electron chi connectivity index (χ0n) is 24.4. The molecular formula is C35H40F3NO2. The molecule has 1 aromatic carbocycles. The zero-order chi connectivity index (χ0) is 29.2. The van der Waals surface area contributed by atoms with Gasteiger partial charge < -0.3 is 4.90 Å². The van der Waals surface area contributed by atoms with Gasteiger partial charge in [0.25, 0.3) is 0 Å². The summed E-state index contributed by atoms with van der Waals surface area (Å²) in [5, 5.41) is 0. The number of anilines is 1. The van der Waals surface area contributed by atoms with E-state index in [1.165, 1.54) is 48.9 Å². The lowest BCUT2D eigenvalue weighted by Crippen LogP contribution is -2.50. The van der Waals surface area contributed by atoms with Gasteiger partial charge >= 0.3 is 6.18 Å². The maximum atomic E-state index is 13.4. The van der Waals surface area contributed by atoms with Crippen molar-refractivity contribution >= 4 is 17.3 Å². The van der Waals surface area contributed by atoms with Gasteiger partial charge in [-0.25, -0.2) is 0 Å². The second-order valence-electron chi connectivity index (χ2n) is 13.4. The van der Waals surface area contributed by atoms with Gasteiger partial charge in [-0.05, 0) is 116 Å². The molecule has 2 unspecified atom stereocenters.